The SMILES string of the molecule is COCC(C)CC(=O)NC1CCC(C(=O)O)C(C)(C)C1C. The third-order valence-electron chi connectivity index (χ3n) is 5.07. The molecule has 1 saturated carbocycles. The van der Waals surface area contributed by atoms with Gasteiger partial charge in [0.1, 0.15) is 0 Å². The highest BCUT2D eigenvalue weighted by Gasteiger charge is 2.46. The second kappa shape index (κ2) is 7.25. The van der Waals surface area contributed by atoms with Gasteiger partial charge in [0.25, 0.3) is 0 Å². The van der Waals surface area contributed by atoms with Gasteiger partial charge in [-0.05, 0) is 30.1 Å². The number of aliphatic carboxylic acids is 1. The average Bonchev–Trinajstić information content (AvgIpc) is 2.34. The van der Waals surface area contributed by atoms with E-state index in [-0.39, 0.29) is 35.1 Å². The van der Waals surface area contributed by atoms with Gasteiger partial charge in [-0.15, -0.1) is 0 Å². The molecule has 0 aliphatic heterocycles. The number of carbonyl (C=O) groups excluding carboxylic acids is 1. The van der Waals surface area contributed by atoms with Gasteiger partial charge in [0.05, 0.1) is 5.92 Å². The highest BCUT2D eigenvalue weighted by Crippen LogP contribution is 2.45. The van der Waals surface area contributed by atoms with Crippen LogP contribution in [-0.2, 0) is 14.3 Å². The van der Waals surface area contributed by atoms with Gasteiger partial charge in [0, 0.05) is 26.2 Å². The van der Waals surface area contributed by atoms with Crippen LogP contribution in [0.5, 0.6) is 0 Å². The van der Waals surface area contributed by atoms with Crippen LogP contribution in [0.1, 0.15) is 47.0 Å². The molecular weight excluding hydrogens is 270 g/mol. The van der Waals surface area contributed by atoms with Gasteiger partial charge in [0.15, 0.2) is 0 Å². The van der Waals surface area contributed by atoms with E-state index < -0.39 is 5.97 Å². The number of carboxylic acid groups (broad SMARTS) is 1. The fraction of sp³-hybridized carbons (Fsp3) is 0.875. The maximum absolute atomic E-state index is 12.1. The molecule has 1 rings (SSSR count). The van der Waals surface area contributed by atoms with Crippen molar-refractivity contribution in [1.29, 1.82) is 0 Å². The van der Waals surface area contributed by atoms with Crippen LogP contribution in [0.4, 0.5) is 0 Å². The molecule has 21 heavy (non-hydrogen) atoms. The lowest BCUT2D eigenvalue weighted by Crippen LogP contribution is -2.52. The van der Waals surface area contributed by atoms with Crippen LogP contribution in [0.2, 0.25) is 0 Å². The Balaban J connectivity index is 2.62. The zero-order chi connectivity index (χ0) is 16.2. The maximum atomic E-state index is 12.1. The molecule has 122 valence electrons. The summed E-state index contributed by atoms with van der Waals surface area (Å²) >= 11 is 0. The summed E-state index contributed by atoms with van der Waals surface area (Å²) in [5.41, 5.74) is -0.319. The smallest absolute Gasteiger partial charge is 0.307 e. The lowest BCUT2D eigenvalue weighted by atomic mass is 9.61. The largest absolute Gasteiger partial charge is 0.481 e. The second-order valence-corrected chi connectivity index (χ2v) is 7.02. The van der Waals surface area contributed by atoms with E-state index in [4.69, 9.17) is 4.74 Å². The molecule has 0 saturated heterocycles. The molecule has 0 bridgehead atoms. The third kappa shape index (κ3) is 4.43. The number of ether oxygens (including phenoxy) is 1. The molecule has 5 heteroatoms. The van der Waals surface area contributed by atoms with Crippen LogP contribution in [0.25, 0.3) is 0 Å². The number of hydrogen-bond donors (Lipinski definition) is 2. The molecule has 0 heterocycles. The van der Waals surface area contributed by atoms with E-state index in [1.807, 2.05) is 27.7 Å². The standard InChI is InChI=1S/C16H29NO4/c1-10(9-21-5)8-14(18)17-13-7-6-12(15(19)20)16(3,4)11(13)2/h10-13H,6-9H2,1-5H3,(H,17,18)(H,19,20). The monoisotopic (exact) mass is 299 g/mol. The van der Waals surface area contributed by atoms with Gasteiger partial charge in [-0.3, -0.25) is 9.59 Å². The maximum Gasteiger partial charge on any atom is 0.307 e. The van der Waals surface area contributed by atoms with E-state index in [1.165, 1.54) is 0 Å². The van der Waals surface area contributed by atoms with Crippen molar-refractivity contribution in [1.82, 2.24) is 5.32 Å². The molecule has 0 aromatic heterocycles. The summed E-state index contributed by atoms with van der Waals surface area (Å²) in [5, 5.41) is 12.4. The van der Waals surface area contributed by atoms with Crippen LogP contribution >= 0.6 is 0 Å². The summed E-state index contributed by atoms with van der Waals surface area (Å²) in [5.74, 6) is -0.720. The number of rotatable bonds is 6. The van der Waals surface area contributed by atoms with Crippen molar-refractivity contribution in [2.45, 2.75) is 53.0 Å². The first kappa shape index (κ1) is 18.0. The van der Waals surface area contributed by atoms with E-state index in [9.17, 15) is 14.7 Å². The molecule has 0 spiro atoms. The molecule has 5 nitrogen and oxygen atoms in total. The molecule has 0 aromatic rings. The van der Waals surface area contributed by atoms with Crippen LogP contribution in [0.3, 0.4) is 0 Å². The second-order valence-electron chi connectivity index (χ2n) is 7.02. The van der Waals surface area contributed by atoms with Crippen molar-refractivity contribution in [2.75, 3.05) is 13.7 Å². The van der Waals surface area contributed by atoms with Gasteiger partial charge in [-0.2, -0.15) is 0 Å². The Morgan fingerprint density at radius 3 is 2.52 bits per heavy atom. The summed E-state index contributed by atoms with van der Waals surface area (Å²) in [6, 6.07) is 0.0536. The molecule has 1 fully saturated rings. The fourth-order valence-corrected chi connectivity index (χ4v) is 3.37. The topological polar surface area (TPSA) is 75.6 Å². The van der Waals surface area contributed by atoms with Gasteiger partial charge < -0.3 is 15.2 Å². The highest BCUT2D eigenvalue weighted by molar-refractivity contribution is 5.76. The predicted molar refractivity (Wildman–Crippen MR) is 80.9 cm³/mol. The molecule has 0 radical (unpaired) electrons. The Kier molecular flexibility index (Phi) is 6.20. The predicted octanol–water partition coefficient (Wildman–Crippen LogP) is 2.30. The summed E-state index contributed by atoms with van der Waals surface area (Å²) < 4.78 is 5.04. The van der Waals surface area contributed by atoms with Gasteiger partial charge in [-0.1, -0.05) is 27.7 Å². The first-order valence-electron chi connectivity index (χ1n) is 7.71. The van der Waals surface area contributed by atoms with Crippen molar-refractivity contribution in [2.24, 2.45) is 23.2 Å². The Hall–Kier alpha value is -1.10. The van der Waals surface area contributed by atoms with Gasteiger partial charge in [0.2, 0.25) is 5.91 Å². The van der Waals surface area contributed by atoms with E-state index in [1.54, 1.807) is 7.11 Å². The van der Waals surface area contributed by atoms with Crippen molar-refractivity contribution in [3.8, 4) is 0 Å². The Morgan fingerprint density at radius 2 is 2.00 bits per heavy atom. The Bertz CT molecular complexity index is 380. The number of carboxylic acids is 1. The summed E-state index contributed by atoms with van der Waals surface area (Å²) in [7, 11) is 1.63. The van der Waals surface area contributed by atoms with Gasteiger partial charge in [-0.25, -0.2) is 0 Å². The molecule has 1 aliphatic carbocycles. The summed E-state index contributed by atoms with van der Waals surface area (Å²) in [6.07, 6.45) is 1.79. The van der Waals surface area contributed by atoms with Crippen LogP contribution in [0.15, 0.2) is 0 Å². The molecule has 0 aromatic carbocycles. The third-order valence-corrected chi connectivity index (χ3v) is 5.07. The van der Waals surface area contributed by atoms with Crippen molar-refractivity contribution in [3.63, 3.8) is 0 Å². The van der Waals surface area contributed by atoms with Crippen LogP contribution < -0.4 is 5.32 Å². The summed E-state index contributed by atoms with van der Waals surface area (Å²) in [4.78, 5) is 23.4. The lowest BCUT2D eigenvalue weighted by Gasteiger charge is -2.46. The molecule has 2 N–H and O–H groups in total. The quantitative estimate of drug-likeness (QED) is 0.789. The first-order valence-corrected chi connectivity index (χ1v) is 7.71. The number of amides is 1. The van der Waals surface area contributed by atoms with Crippen molar-refractivity contribution >= 4 is 11.9 Å². The van der Waals surface area contributed by atoms with Crippen LogP contribution in [0, 0.1) is 23.2 Å². The van der Waals surface area contributed by atoms with Crippen LogP contribution in [-0.4, -0.2) is 36.7 Å². The van der Waals surface area contributed by atoms with Crippen molar-refractivity contribution in [3.05, 3.63) is 0 Å². The zero-order valence-corrected chi connectivity index (χ0v) is 13.8. The average molecular weight is 299 g/mol. The molecule has 1 aliphatic rings. The highest BCUT2D eigenvalue weighted by atomic mass is 16.5. The Labute approximate surface area is 127 Å². The Morgan fingerprint density at radius 1 is 1.38 bits per heavy atom. The normalized spacial score (nSPS) is 29.7. The number of carbonyl (C=O) groups is 2. The summed E-state index contributed by atoms with van der Waals surface area (Å²) in [6.45, 7) is 8.57. The molecular formula is C16H29NO4. The van der Waals surface area contributed by atoms with E-state index in [0.717, 1.165) is 6.42 Å². The molecule has 4 atom stereocenters. The number of methoxy groups -OCH3 is 1. The van der Waals surface area contributed by atoms with Gasteiger partial charge >= 0.3 is 5.97 Å². The van der Waals surface area contributed by atoms with E-state index in [0.29, 0.717) is 19.4 Å². The number of nitrogens with one attached hydrogen (secondary N) is 1. The minimum atomic E-state index is -0.731. The molecule has 1 amide bonds. The zero-order valence-electron chi connectivity index (χ0n) is 13.8. The number of hydrogen-bond acceptors (Lipinski definition) is 3. The molecule has 4 unspecified atom stereocenters. The van der Waals surface area contributed by atoms with Crippen molar-refractivity contribution < 1.29 is 19.4 Å². The van der Waals surface area contributed by atoms with E-state index >= 15 is 0 Å². The lowest BCUT2D eigenvalue weighted by molar-refractivity contribution is -0.150. The minimum Gasteiger partial charge on any atom is -0.481 e. The minimum absolute atomic E-state index is 0.0287. The van der Waals surface area contributed by atoms with E-state index in [2.05, 4.69) is 5.32 Å². The fourth-order valence-electron chi connectivity index (χ4n) is 3.37. The first-order chi connectivity index (χ1) is 9.70.